The van der Waals surface area contributed by atoms with Crippen LogP contribution >= 0.6 is 0 Å². The lowest BCUT2D eigenvalue weighted by atomic mass is 9.85. The summed E-state index contributed by atoms with van der Waals surface area (Å²) in [5, 5.41) is 9.46. The molecule has 40 heavy (non-hydrogen) atoms. The maximum Gasteiger partial charge on any atom is 0.416 e. The number of benzene rings is 1. The van der Waals surface area contributed by atoms with Crippen LogP contribution in [-0.4, -0.2) is 47.7 Å². The molecule has 0 saturated heterocycles. The third kappa shape index (κ3) is 8.59. The van der Waals surface area contributed by atoms with E-state index in [2.05, 4.69) is 35.5 Å². The average molecular weight is 569 g/mol. The first kappa shape index (κ1) is 30.7. The van der Waals surface area contributed by atoms with Crippen LogP contribution in [0.4, 0.5) is 10.6 Å². The van der Waals surface area contributed by atoms with Crippen LogP contribution in [-0.2, 0) is 31.4 Å². The summed E-state index contributed by atoms with van der Waals surface area (Å²) in [5.74, 6) is -1.24. The summed E-state index contributed by atoms with van der Waals surface area (Å²) in [6, 6.07) is 14.7. The lowest BCUT2D eigenvalue weighted by molar-refractivity contribution is -0.135. The van der Waals surface area contributed by atoms with Crippen molar-refractivity contribution >= 4 is 27.9 Å². The van der Waals surface area contributed by atoms with Gasteiger partial charge in [0.05, 0.1) is 11.7 Å². The fourth-order valence-corrected chi connectivity index (χ4v) is 5.02. The van der Waals surface area contributed by atoms with E-state index in [0.717, 1.165) is 16.0 Å². The number of amides is 1. The summed E-state index contributed by atoms with van der Waals surface area (Å²) >= 11 is 0. The highest BCUT2D eigenvalue weighted by Gasteiger charge is 2.28. The smallest absolute Gasteiger partial charge is 0.416 e. The molecule has 0 spiro atoms. The van der Waals surface area contributed by atoms with E-state index in [1.54, 1.807) is 32.9 Å². The molecule has 1 unspecified atom stereocenters. The molecule has 2 N–H and O–H groups in total. The molecule has 3 aromatic rings. The summed E-state index contributed by atoms with van der Waals surface area (Å²) in [5.41, 5.74) is 1.26. The SMILES string of the molecule is CC(C)(C)OC(=O)N(CC(=O)O)c1cccc(C(Cc2cccc(C(C)(C)C)c2)NS(=O)(=O)c2cccnc2)n1. The van der Waals surface area contributed by atoms with E-state index >= 15 is 0 Å². The zero-order valence-corrected chi connectivity index (χ0v) is 24.4. The maximum atomic E-state index is 13.3. The highest BCUT2D eigenvalue weighted by Crippen LogP contribution is 2.27. The third-order valence-electron chi connectivity index (χ3n) is 5.77. The number of pyridine rings is 2. The average Bonchev–Trinajstić information content (AvgIpc) is 2.86. The molecule has 0 saturated carbocycles. The number of carboxylic acid groups (broad SMARTS) is 1. The Labute approximate surface area is 235 Å². The molecule has 214 valence electrons. The Morgan fingerprint density at radius 3 is 2.33 bits per heavy atom. The predicted molar refractivity (Wildman–Crippen MR) is 152 cm³/mol. The van der Waals surface area contributed by atoms with Gasteiger partial charge >= 0.3 is 12.1 Å². The molecule has 1 atom stereocenters. The van der Waals surface area contributed by atoms with Crippen LogP contribution in [0.5, 0.6) is 0 Å². The number of nitrogens with zero attached hydrogens (tertiary/aromatic N) is 3. The molecule has 2 aromatic heterocycles. The minimum atomic E-state index is -4.01. The van der Waals surface area contributed by atoms with Gasteiger partial charge in [0.25, 0.3) is 0 Å². The number of aromatic nitrogens is 2. The van der Waals surface area contributed by atoms with Crippen LogP contribution in [0.2, 0.25) is 0 Å². The van der Waals surface area contributed by atoms with Gasteiger partial charge in [0.1, 0.15) is 22.9 Å². The number of hydrogen-bond donors (Lipinski definition) is 2. The molecule has 0 bridgehead atoms. The molecule has 0 aliphatic carbocycles. The van der Waals surface area contributed by atoms with Crippen molar-refractivity contribution in [3.05, 3.63) is 83.8 Å². The molecule has 1 amide bonds. The van der Waals surface area contributed by atoms with Crippen LogP contribution in [0.1, 0.15) is 64.4 Å². The van der Waals surface area contributed by atoms with E-state index < -0.39 is 40.3 Å². The zero-order valence-electron chi connectivity index (χ0n) is 23.6. The molecule has 0 aliphatic rings. The molecule has 1 aromatic carbocycles. The van der Waals surface area contributed by atoms with Crippen molar-refractivity contribution in [3.8, 4) is 0 Å². The van der Waals surface area contributed by atoms with E-state index in [-0.39, 0.29) is 22.5 Å². The largest absolute Gasteiger partial charge is 0.480 e. The number of anilines is 1. The van der Waals surface area contributed by atoms with E-state index in [4.69, 9.17) is 4.74 Å². The molecule has 0 radical (unpaired) electrons. The van der Waals surface area contributed by atoms with E-state index in [0.29, 0.717) is 5.69 Å². The molecule has 2 heterocycles. The van der Waals surface area contributed by atoms with E-state index in [9.17, 15) is 23.1 Å². The summed E-state index contributed by atoms with van der Waals surface area (Å²) in [7, 11) is -4.01. The Morgan fingerprint density at radius 2 is 1.73 bits per heavy atom. The van der Waals surface area contributed by atoms with Crippen molar-refractivity contribution in [1.29, 1.82) is 0 Å². The zero-order chi connectivity index (χ0) is 29.7. The molecule has 0 aliphatic heterocycles. The van der Waals surface area contributed by atoms with Gasteiger partial charge < -0.3 is 9.84 Å². The summed E-state index contributed by atoms with van der Waals surface area (Å²) in [6.45, 7) is 10.6. The van der Waals surface area contributed by atoms with Crippen LogP contribution in [0, 0.1) is 0 Å². The van der Waals surface area contributed by atoms with Crippen molar-refractivity contribution in [1.82, 2.24) is 14.7 Å². The van der Waals surface area contributed by atoms with Gasteiger partial charge in [-0.25, -0.2) is 22.9 Å². The van der Waals surface area contributed by atoms with Crippen LogP contribution in [0.3, 0.4) is 0 Å². The lowest BCUT2D eigenvalue weighted by Gasteiger charge is -2.27. The molecular weight excluding hydrogens is 532 g/mol. The van der Waals surface area contributed by atoms with Crippen molar-refractivity contribution in [2.75, 3.05) is 11.4 Å². The molecular formula is C29H36N4O6S. The fourth-order valence-electron chi connectivity index (χ4n) is 3.84. The summed E-state index contributed by atoms with van der Waals surface area (Å²) in [4.78, 5) is 33.8. The number of carbonyl (C=O) groups is 2. The van der Waals surface area contributed by atoms with Crippen molar-refractivity contribution < 1.29 is 27.9 Å². The standard InChI is InChI=1S/C29H36N4O6S/c1-28(2,3)21-11-7-10-20(16-21)17-24(32-40(37,38)22-12-9-15-30-18-22)23-13-8-14-25(31-23)33(19-26(34)35)27(36)39-29(4,5)6/h7-16,18,24,32H,17,19H2,1-6H3,(H,34,35). The highest BCUT2D eigenvalue weighted by molar-refractivity contribution is 7.89. The van der Waals surface area contributed by atoms with Crippen LogP contribution < -0.4 is 9.62 Å². The Morgan fingerprint density at radius 1 is 1.02 bits per heavy atom. The first-order valence-corrected chi connectivity index (χ1v) is 14.2. The normalized spacial score (nSPS) is 12.9. The quantitative estimate of drug-likeness (QED) is 0.373. The van der Waals surface area contributed by atoms with Crippen LogP contribution in [0.15, 0.2) is 71.9 Å². The molecule has 3 rings (SSSR count). The number of hydrogen-bond acceptors (Lipinski definition) is 7. The molecule has 0 fully saturated rings. The minimum Gasteiger partial charge on any atom is -0.480 e. The van der Waals surface area contributed by atoms with E-state index in [1.807, 2.05) is 24.3 Å². The van der Waals surface area contributed by atoms with Crippen molar-refractivity contribution in [3.63, 3.8) is 0 Å². The first-order valence-electron chi connectivity index (χ1n) is 12.8. The van der Waals surface area contributed by atoms with Crippen molar-refractivity contribution in [2.24, 2.45) is 0 Å². The second-order valence-electron chi connectivity index (χ2n) is 11.4. The monoisotopic (exact) mass is 568 g/mol. The highest BCUT2D eigenvalue weighted by atomic mass is 32.2. The fraction of sp³-hybridized carbons (Fsp3) is 0.379. The van der Waals surface area contributed by atoms with Gasteiger partial charge in [0, 0.05) is 12.4 Å². The van der Waals surface area contributed by atoms with Gasteiger partial charge in [-0.15, -0.1) is 0 Å². The third-order valence-corrected chi connectivity index (χ3v) is 7.23. The number of sulfonamides is 1. The first-order chi connectivity index (χ1) is 18.5. The van der Waals surface area contributed by atoms with Gasteiger partial charge in [-0.2, -0.15) is 0 Å². The number of ether oxygens (including phenoxy) is 1. The number of carbonyl (C=O) groups excluding carboxylic acids is 1. The summed E-state index contributed by atoms with van der Waals surface area (Å²) < 4.78 is 34.8. The Hall–Kier alpha value is -3.83. The van der Waals surface area contributed by atoms with Crippen LogP contribution in [0.25, 0.3) is 0 Å². The summed E-state index contributed by atoms with van der Waals surface area (Å²) in [6.07, 6.45) is 2.09. The van der Waals surface area contributed by atoms with Crippen molar-refractivity contribution in [2.45, 2.75) is 69.9 Å². The second-order valence-corrected chi connectivity index (χ2v) is 13.1. The van der Waals surface area contributed by atoms with Gasteiger partial charge in [-0.3, -0.25) is 14.7 Å². The lowest BCUT2D eigenvalue weighted by Crippen LogP contribution is -2.40. The Balaban J connectivity index is 2.07. The topological polar surface area (TPSA) is 139 Å². The second kappa shape index (κ2) is 12.1. The van der Waals surface area contributed by atoms with E-state index in [1.165, 1.54) is 30.6 Å². The molecule has 10 nitrogen and oxygen atoms in total. The van der Waals surface area contributed by atoms with Gasteiger partial charge in [0.15, 0.2) is 0 Å². The van der Waals surface area contributed by atoms with Gasteiger partial charge in [0.2, 0.25) is 10.0 Å². The Bertz CT molecular complexity index is 1450. The number of rotatable bonds is 9. The number of aliphatic carboxylic acids is 1. The predicted octanol–water partition coefficient (Wildman–Crippen LogP) is 4.86. The van der Waals surface area contributed by atoms with Gasteiger partial charge in [-0.05, 0) is 68.0 Å². The van der Waals surface area contributed by atoms with Gasteiger partial charge in [-0.1, -0.05) is 51.1 Å². The number of carboxylic acids is 1. The number of nitrogens with one attached hydrogen (secondary N) is 1. The maximum absolute atomic E-state index is 13.3. The minimum absolute atomic E-state index is 0.0131. The molecule has 11 heteroatoms. The Kier molecular flexibility index (Phi) is 9.32.